The number of carbonyl (C=O) groups excluding carboxylic acids is 1. The Labute approximate surface area is 171 Å². The number of sulfonamides is 1. The van der Waals surface area contributed by atoms with Crippen LogP contribution in [0, 0.1) is 0 Å². The molecular weight excluding hydrogens is 392 g/mol. The van der Waals surface area contributed by atoms with E-state index in [9.17, 15) is 18.3 Å². The molecule has 8 heteroatoms. The van der Waals surface area contributed by atoms with Crippen molar-refractivity contribution in [2.75, 3.05) is 5.32 Å². The summed E-state index contributed by atoms with van der Waals surface area (Å²) >= 11 is 0. The predicted molar refractivity (Wildman–Crippen MR) is 111 cm³/mol. The fourth-order valence-electron chi connectivity index (χ4n) is 3.65. The summed E-state index contributed by atoms with van der Waals surface area (Å²) in [4.78, 5) is 12.6. The first-order valence-corrected chi connectivity index (χ1v) is 11.4. The molecule has 3 N–H and O–H groups in total. The molecule has 0 saturated heterocycles. The Hall–Kier alpha value is -2.32. The van der Waals surface area contributed by atoms with Gasteiger partial charge in [0, 0.05) is 23.7 Å². The Kier molecular flexibility index (Phi) is 6.05. The lowest BCUT2D eigenvalue weighted by Crippen LogP contribution is -2.34. The molecule has 1 aromatic carbocycles. The summed E-state index contributed by atoms with van der Waals surface area (Å²) < 4.78 is 32.7. The fourth-order valence-corrected chi connectivity index (χ4v) is 4.53. The number of hydrogen-bond donors (Lipinski definition) is 3. The van der Waals surface area contributed by atoms with Crippen LogP contribution in [0.5, 0.6) is 0 Å². The largest absolute Gasteiger partial charge is 0.447 e. The second kappa shape index (κ2) is 8.20. The number of amides is 2. The normalized spacial score (nSPS) is 16.7. The van der Waals surface area contributed by atoms with Gasteiger partial charge in [0.1, 0.15) is 5.76 Å². The number of furan rings is 1. The van der Waals surface area contributed by atoms with Crippen LogP contribution < -0.4 is 10.0 Å². The van der Waals surface area contributed by atoms with E-state index >= 15 is 0 Å². The standard InChI is InChI=1S/C21H28N2O5S/c1-12(2)14-7-5-8-15(13(3)4)20(14)22-21(25)23-29(26,27)19-11-16-17(24)9-6-10-18(16)28-19/h5,7-8,11-13,17,24H,6,9-10H2,1-4H3,(H2,22,23,25). The lowest BCUT2D eigenvalue weighted by molar-refractivity contribution is 0.152. The van der Waals surface area contributed by atoms with E-state index < -0.39 is 22.2 Å². The lowest BCUT2D eigenvalue weighted by atomic mass is 9.93. The second-order valence-corrected chi connectivity index (χ2v) is 9.65. The van der Waals surface area contributed by atoms with E-state index in [0.29, 0.717) is 29.9 Å². The van der Waals surface area contributed by atoms with E-state index in [0.717, 1.165) is 17.5 Å². The van der Waals surface area contributed by atoms with Crippen molar-refractivity contribution in [1.82, 2.24) is 4.72 Å². The van der Waals surface area contributed by atoms with E-state index in [4.69, 9.17) is 4.42 Å². The molecule has 1 atom stereocenters. The number of aliphatic hydroxyl groups excluding tert-OH is 1. The first-order valence-electron chi connectivity index (χ1n) is 9.87. The van der Waals surface area contributed by atoms with Crippen LogP contribution in [0.3, 0.4) is 0 Å². The fraction of sp³-hybridized carbons (Fsp3) is 0.476. The third-order valence-electron chi connectivity index (χ3n) is 5.16. The van der Waals surface area contributed by atoms with Crippen molar-refractivity contribution in [3.63, 3.8) is 0 Å². The van der Waals surface area contributed by atoms with Gasteiger partial charge in [0.15, 0.2) is 0 Å². The van der Waals surface area contributed by atoms with Crippen molar-refractivity contribution < 1.29 is 22.7 Å². The first-order chi connectivity index (χ1) is 13.6. The SMILES string of the molecule is CC(C)c1cccc(C(C)C)c1NC(=O)NS(=O)(=O)c1cc2c(o1)CCCC2O. The van der Waals surface area contributed by atoms with E-state index in [2.05, 4.69) is 5.32 Å². The molecule has 1 aromatic heterocycles. The highest BCUT2D eigenvalue weighted by molar-refractivity contribution is 7.89. The van der Waals surface area contributed by atoms with Gasteiger partial charge in [0.05, 0.1) is 6.10 Å². The van der Waals surface area contributed by atoms with Gasteiger partial charge in [0.2, 0.25) is 5.09 Å². The minimum Gasteiger partial charge on any atom is -0.447 e. The summed E-state index contributed by atoms with van der Waals surface area (Å²) in [6.07, 6.45) is 1.10. The molecule has 0 fully saturated rings. The number of carbonyl (C=O) groups is 1. The van der Waals surface area contributed by atoms with Gasteiger partial charge in [-0.25, -0.2) is 9.52 Å². The number of aryl methyl sites for hydroxylation is 1. The minimum atomic E-state index is -4.20. The number of nitrogens with one attached hydrogen (secondary N) is 2. The van der Waals surface area contributed by atoms with E-state index in [1.54, 1.807) is 0 Å². The number of rotatable bonds is 5. The molecule has 0 bridgehead atoms. The molecule has 158 valence electrons. The van der Waals surface area contributed by atoms with Crippen LogP contribution in [-0.4, -0.2) is 19.6 Å². The average molecular weight is 421 g/mol. The van der Waals surface area contributed by atoms with Gasteiger partial charge in [0.25, 0.3) is 10.0 Å². The van der Waals surface area contributed by atoms with Gasteiger partial charge in [-0.2, -0.15) is 8.42 Å². The lowest BCUT2D eigenvalue weighted by Gasteiger charge is -2.20. The second-order valence-electron chi connectivity index (χ2n) is 8.03. The van der Waals surface area contributed by atoms with Gasteiger partial charge in [-0.15, -0.1) is 0 Å². The van der Waals surface area contributed by atoms with Crippen molar-refractivity contribution in [1.29, 1.82) is 0 Å². The molecule has 1 aliphatic carbocycles. The summed E-state index contributed by atoms with van der Waals surface area (Å²) in [7, 11) is -4.20. The predicted octanol–water partition coefficient (Wildman–Crippen LogP) is 4.41. The van der Waals surface area contributed by atoms with E-state index in [1.165, 1.54) is 6.07 Å². The zero-order valence-corrected chi connectivity index (χ0v) is 18.0. The summed E-state index contributed by atoms with van der Waals surface area (Å²) in [5, 5.41) is 12.4. The van der Waals surface area contributed by atoms with Gasteiger partial charge in [-0.1, -0.05) is 45.9 Å². The van der Waals surface area contributed by atoms with Gasteiger partial charge < -0.3 is 14.8 Å². The minimum absolute atomic E-state index is 0.152. The van der Waals surface area contributed by atoms with Crippen LogP contribution >= 0.6 is 0 Å². The Bertz CT molecular complexity index is 982. The molecule has 1 heterocycles. The Morgan fingerprint density at radius 3 is 2.34 bits per heavy atom. The quantitative estimate of drug-likeness (QED) is 0.664. The molecule has 3 rings (SSSR count). The molecule has 0 spiro atoms. The highest BCUT2D eigenvalue weighted by Gasteiger charge is 2.29. The van der Waals surface area contributed by atoms with Crippen LogP contribution in [0.25, 0.3) is 0 Å². The molecule has 2 aromatic rings. The number of aliphatic hydroxyl groups is 1. The van der Waals surface area contributed by atoms with Crippen LogP contribution in [0.4, 0.5) is 10.5 Å². The summed E-state index contributed by atoms with van der Waals surface area (Å²) in [6.45, 7) is 8.05. The maximum absolute atomic E-state index is 12.6. The van der Waals surface area contributed by atoms with Crippen molar-refractivity contribution in [3.8, 4) is 0 Å². The summed E-state index contributed by atoms with van der Waals surface area (Å²) in [6, 6.07) is 6.22. The summed E-state index contributed by atoms with van der Waals surface area (Å²) in [5.74, 6) is 0.759. The molecule has 1 aliphatic rings. The number of urea groups is 1. The molecule has 0 radical (unpaired) electrons. The maximum Gasteiger partial charge on any atom is 0.333 e. The van der Waals surface area contributed by atoms with Gasteiger partial charge >= 0.3 is 6.03 Å². The third-order valence-corrected chi connectivity index (χ3v) is 6.35. The summed E-state index contributed by atoms with van der Waals surface area (Å²) in [5.41, 5.74) is 2.96. The van der Waals surface area contributed by atoms with Crippen LogP contribution in [0.2, 0.25) is 0 Å². The molecule has 7 nitrogen and oxygen atoms in total. The molecule has 29 heavy (non-hydrogen) atoms. The number of para-hydroxylation sites is 1. The first kappa shape index (κ1) is 21.4. The van der Waals surface area contributed by atoms with Crippen molar-refractivity contribution in [2.45, 2.75) is 70.0 Å². The molecular formula is C21H28N2O5S. The van der Waals surface area contributed by atoms with Crippen LogP contribution in [0.15, 0.2) is 33.8 Å². The zero-order chi connectivity index (χ0) is 21.3. The van der Waals surface area contributed by atoms with Gasteiger partial charge in [-0.05, 0) is 35.8 Å². The maximum atomic E-state index is 12.6. The van der Waals surface area contributed by atoms with E-state index in [-0.39, 0.29) is 16.9 Å². The van der Waals surface area contributed by atoms with Crippen molar-refractivity contribution >= 4 is 21.7 Å². The number of benzene rings is 1. The monoisotopic (exact) mass is 420 g/mol. The molecule has 2 amide bonds. The smallest absolute Gasteiger partial charge is 0.333 e. The topological polar surface area (TPSA) is 109 Å². The Morgan fingerprint density at radius 2 is 1.79 bits per heavy atom. The van der Waals surface area contributed by atoms with Crippen LogP contribution in [-0.2, 0) is 16.4 Å². The van der Waals surface area contributed by atoms with Crippen molar-refractivity contribution in [3.05, 3.63) is 46.7 Å². The number of anilines is 1. The highest BCUT2D eigenvalue weighted by Crippen LogP contribution is 2.34. The molecule has 0 saturated carbocycles. The van der Waals surface area contributed by atoms with Crippen molar-refractivity contribution in [2.24, 2.45) is 0 Å². The molecule has 0 aliphatic heterocycles. The van der Waals surface area contributed by atoms with Crippen LogP contribution in [0.1, 0.15) is 80.9 Å². The Balaban J connectivity index is 1.84. The number of hydrogen-bond acceptors (Lipinski definition) is 5. The third kappa shape index (κ3) is 4.48. The Morgan fingerprint density at radius 1 is 1.17 bits per heavy atom. The molecule has 1 unspecified atom stereocenters. The van der Waals surface area contributed by atoms with Gasteiger partial charge in [-0.3, -0.25) is 0 Å². The highest BCUT2D eigenvalue weighted by atomic mass is 32.2. The number of fused-ring (bicyclic) bond motifs is 1. The van der Waals surface area contributed by atoms with E-state index in [1.807, 2.05) is 50.6 Å². The average Bonchev–Trinajstić information content (AvgIpc) is 3.07. The zero-order valence-electron chi connectivity index (χ0n) is 17.2.